The number of aromatic nitrogens is 1. The summed E-state index contributed by atoms with van der Waals surface area (Å²) in [6.07, 6.45) is 2.27. The Morgan fingerprint density at radius 3 is 2.90 bits per heavy atom. The molecule has 0 aromatic carbocycles. The normalized spacial score (nSPS) is 15.5. The Kier molecular flexibility index (Phi) is 3.31. The predicted octanol–water partition coefficient (Wildman–Crippen LogP) is 2.18. The molecule has 0 radical (unpaired) electrons. The Morgan fingerprint density at radius 1 is 1.55 bits per heavy atom. The van der Waals surface area contributed by atoms with Crippen molar-refractivity contribution >= 4 is 26.5 Å². The maximum Gasteiger partial charge on any atom is 0.267 e. The van der Waals surface area contributed by atoms with Crippen molar-refractivity contribution in [2.45, 2.75) is 37.1 Å². The molecule has 0 atom stereocenters. The topological polar surface area (TPSA) is 98.2 Å². The molecule has 1 aliphatic rings. The van der Waals surface area contributed by atoms with E-state index in [4.69, 9.17) is 10.2 Å². The van der Waals surface area contributed by atoms with Crippen LogP contribution in [0.3, 0.4) is 0 Å². The summed E-state index contributed by atoms with van der Waals surface area (Å²) in [6.45, 7) is 1.77. The van der Waals surface area contributed by atoms with Crippen LogP contribution in [-0.4, -0.2) is 13.4 Å². The lowest BCUT2D eigenvalue weighted by molar-refractivity contribution is 0.479. The third-order valence-corrected chi connectivity index (χ3v) is 5.50. The summed E-state index contributed by atoms with van der Waals surface area (Å²) in [5.74, 6) is 1.28. The van der Waals surface area contributed by atoms with Gasteiger partial charge in [-0.2, -0.15) is 0 Å². The van der Waals surface area contributed by atoms with Gasteiger partial charge < -0.3 is 10.2 Å². The zero-order valence-electron chi connectivity index (χ0n) is 10.9. The smallest absolute Gasteiger partial charge is 0.267 e. The number of nitrogens with one attached hydrogen (secondary N) is 1. The van der Waals surface area contributed by atoms with E-state index in [0.29, 0.717) is 22.6 Å². The number of hydrogen-bond donors (Lipinski definition) is 2. The van der Waals surface area contributed by atoms with E-state index in [-0.39, 0.29) is 11.4 Å². The zero-order valence-corrected chi connectivity index (χ0v) is 12.6. The summed E-state index contributed by atoms with van der Waals surface area (Å²) in [7, 11) is -3.68. The first-order valence-corrected chi connectivity index (χ1v) is 8.63. The summed E-state index contributed by atoms with van der Waals surface area (Å²) in [5, 5.41) is 2.30. The molecule has 1 fully saturated rings. The van der Waals surface area contributed by atoms with E-state index in [1.165, 1.54) is 17.4 Å². The Bertz CT molecular complexity index is 729. The van der Waals surface area contributed by atoms with E-state index < -0.39 is 10.0 Å². The van der Waals surface area contributed by atoms with Gasteiger partial charge in [0, 0.05) is 17.4 Å². The second-order valence-corrected chi connectivity index (χ2v) is 7.30. The van der Waals surface area contributed by atoms with Crippen LogP contribution >= 0.6 is 11.3 Å². The minimum atomic E-state index is -3.68. The fourth-order valence-corrected chi connectivity index (χ4v) is 4.21. The maximum atomic E-state index is 12.3. The number of nitrogens with two attached hydrogens (primary N) is 1. The van der Waals surface area contributed by atoms with Crippen LogP contribution in [-0.2, 0) is 16.6 Å². The van der Waals surface area contributed by atoms with Gasteiger partial charge >= 0.3 is 0 Å². The highest BCUT2D eigenvalue weighted by Crippen LogP contribution is 2.41. The molecule has 2 aromatic rings. The zero-order chi connectivity index (χ0) is 14.3. The fourth-order valence-electron chi connectivity index (χ4n) is 1.96. The minimum Gasteiger partial charge on any atom is -0.464 e. The van der Waals surface area contributed by atoms with Crippen molar-refractivity contribution in [3.8, 4) is 0 Å². The van der Waals surface area contributed by atoms with Gasteiger partial charge in [0.25, 0.3) is 10.0 Å². The molecule has 108 valence electrons. The van der Waals surface area contributed by atoms with Gasteiger partial charge in [-0.3, -0.25) is 4.72 Å². The number of rotatable bonds is 5. The molecule has 3 rings (SSSR count). The van der Waals surface area contributed by atoms with Gasteiger partial charge in [-0.25, -0.2) is 13.4 Å². The van der Waals surface area contributed by atoms with E-state index in [0.717, 1.165) is 18.5 Å². The van der Waals surface area contributed by atoms with Gasteiger partial charge in [0.05, 0.1) is 12.2 Å². The van der Waals surface area contributed by atoms with Crippen LogP contribution in [0.4, 0.5) is 5.13 Å². The first kappa shape index (κ1) is 13.6. The van der Waals surface area contributed by atoms with E-state index in [9.17, 15) is 8.42 Å². The molecule has 2 heterocycles. The second kappa shape index (κ2) is 4.87. The molecule has 0 amide bonds. The second-order valence-electron chi connectivity index (χ2n) is 4.79. The Balaban J connectivity index is 1.84. The van der Waals surface area contributed by atoms with E-state index >= 15 is 0 Å². The van der Waals surface area contributed by atoms with Crippen molar-refractivity contribution in [3.05, 3.63) is 28.7 Å². The molecule has 1 saturated carbocycles. The van der Waals surface area contributed by atoms with Gasteiger partial charge in [0.1, 0.15) is 16.4 Å². The average Bonchev–Trinajstić information content (AvgIpc) is 3.02. The van der Waals surface area contributed by atoms with Crippen molar-refractivity contribution in [1.82, 2.24) is 4.98 Å². The molecule has 0 saturated heterocycles. The average molecular weight is 313 g/mol. The minimum absolute atomic E-state index is 0.112. The highest BCUT2D eigenvalue weighted by Gasteiger charge is 2.27. The molecular formula is C12H15N3O3S2. The Hall–Kier alpha value is -1.38. The van der Waals surface area contributed by atoms with Crippen molar-refractivity contribution in [2.75, 3.05) is 4.72 Å². The lowest BCUT2D eigenvalue weighted by Gasteiger charge is -2.02. The molecule has 0 unspecified atom stereocenters. The quantitative estimate of drug-likeness (QED) is 0.881. The van der Waals surface area contributed by atoms with E-state index in [1.54, 1.807) is 6.92 Å². The van der Waals surface area contributed by atoms with Crippen LogP contribution in [0.15, 0.2) is 20.8 Å². The fraction of sp³-hybridized carbons (Fsp3) is 0.417. The number of thiazole rings is 1. The molecule has 3 N–H and O–H groups in total. The number of furan rings is 1. The van der Waals surface area contributed by atoms with Gasteiger partial charge in [-0.1, -0.05) is 0 Å². The maximum absolute atomic E-state index is 12.3. The first-order chi connectivity index (χ1) is 9.49. The van der Waals surface area contributed by atoms with Gasteiger partial charge in [-0.05, 0) is 19.8 Å². The van der Waals surface area contributed by atoms with E-state index in [1.807, 2.05) is 5.38 Å². The molecule has 2 aromatic heterocycles. The van der Waals surface area contributed by atoms with E-state index in [2.05, 4.69) is 9.71 Å². The summed E-state index contributed by atoms with van der Waals surface area (Å²) in [6, 6.07) is 1.45. The Labute approximate surface area is 121 Å². The summed E-state index contributed by atoms with van der Waals surface area (Å²) in [5.41, 5.74) is 6.42. The molecule has 20 heavy (non-hydrogen) atoms. The number of aryl methyl sites for hydroxylation is 1. The summed E-state index contributed by atoms with van der Waals surface area (Å²) in [4.78, 5) is 4.42. The van der Waals surface area contributed by atoms with Crippen molar-refractivity contribution in [3.63, 3.8) is 0 Å². The largest absolute Gasteiger partial charge is 0.464 e. The molecule has 1 aliphatic carbocycles. The third-order valence-electron chi connectivity index (χ3n) is 3.15. The molecule has 0 aliphatic heterocycles. The monoisotopic (exact) mass is 313 g/mol. The van der Waals surface area contributed by atoms with Crippen LogP contribution in [0.5, 0.6) is 0 Å². The third kappa shape index (κ3) is 2.58. The predicted molar refractivity (Wildman–Crippen MR) is 76.2 cm³/mol. The number of anilines is 1. The molecule has 8 heteroatoms. The SMILES string of the molecule is Cc1oc(CN)cc1S(=O)(=O)Nc1nc(C2CC2)cs1. The highest BCUT2D eigenvalue weighted by atomic mass is 32.2. The van der Waals surface area contributed by atoms with Crippen molar-refractivity contribution in [2.24, 2.45) is 5.73 Å². The van der Waals surface area contributed by atoms with Crippen LogP contribution in [0.1, 0.15) is 36.0 Å². The highest BCUT2D eigenvalue weighted by molar-refractivity contribution is 7.93. The summed E-state index contributed by atoms with van der Waals surface area (Å²) >= 11 is 1.30. The summed E-state index contributed by atoms with van der Waals surface area (Å²) < 4.78 is 32.4. The first-order valence-electron chi connectivity index (χ1n) is 6.27. The van der Waals surface area contributed by atoms with Crippen LogP contribution in [0, 0.1) is 6.92 Å². The van der Waals surface area contributed by atoms with Crippen molar-refractivity contribution in [1.29, 1.82) is 0 Å². The van der Waals surface area contributed by atoms with Crippen molar-refractivity contribution < 1.29 is 12.8 Å². The lowest BCUT2D eigenvalue weighted by Crippen LogP contribution is -2.13. The van der Waals surface area contributed by atoms with Crippen LogP contribution < -0.4 is 10.5 Å². The standard InChI is InChI=1S/C12H15N3O3S2/c1-7-11(4-9(5-13)18-7)20(16,17)15-12-14-10(6-19-12)8-2-3-8/h4,6,8H,2-3,5,13H2,1H3,(H,14,15). The lowest BCUT2D eigenvalue weighted by atomic mass is 10.3. The Morgan fingerprint density at radius 2 is 2.30 bits per heavy atom. The molecule has 6 nitrogen and oxygen atoms in total. The van der Waals surface area contributed by atoms with Gasteiger partial charge in [-0.15, -0.1) is 11.3 Å². The van der Waals surface area contributed by atoms with Crippen LogP contribution in [0.25, 0.3) is 0 Å². The van der Waals surface area contributed by atoms with Gasteiger partial charge in [0.15, 0.2) is 5.13 Å². The van der Waals surface area contributed by atoms with Gasteiger partial charge in [0.2, 0.25) is 0 Å². The molecule has 0 bridgehead atoms. The number of sulfonamides is 1. The number of nitrogens with zero attached hydrogens (tertiary/aromatic N) is 1. The molecule has 0 spiro atoms. The van der Waals surface area contributed by atoms with Crippen LogP contribution in [0.2, 0.25) is 0 Å². The molecular weight excluding hydrogens is 298 g/mol. The number of hydrogen-bond acceptors (Lipinski definition) is 6.